The van der Waals surface area contributed by atoms with Gasteiger partial charge < -0.3 is 68.8 Å². The summed E-state index contributed by atoms with van der Waals surface area (Å²) in [6, 6.07) is 0. The van der Waals surface area contributed by atoms with Crippen molar-refractivity contribution in [2.24, 2.45) is 71.0 Å². The van der Waals surface area contributed by atoms with Gasteiger partial charge in [-0.1, -0.05) is 279 Å². The third-order valence-corrected chi connectivity index (χ3v) is 24.9. The monoisotopic (exact) mass is 2110 g/mol. The van der Waals surface area contributed by atoms with Gasteiger partial charge >= 0.3 is 0 Å². The lowest BCUT2D eigenvalue weighted by molar-refractivity contribution is -0.145. The van der Waals surface area contributed by atoms with Crippen LogP contribution in [-0.4, -0.2) is 329 Å². The first kappa shape index (κ1) is 169. The molecule has 0 fully saturated rings. The Morgan fingerprint density at radius 1 is 0.189 bits per heavy atom. The minimum Gasteiger partial charge on any atom is -0.381 e. The number of likely N-dealkylation sites (N-methyl/N-ethyl adjacent to an activating group) is 1. The van der Waals surface area contributed by atoms with E-state index in [1.807, 2.05) is 176 Å². The molecule has 0 aliphatic rings. The van der Waals surface area contributed by atoms with Crippen LogP contribution in [0.3, 0.4) is 0 Å². The summed E-state index contributed by atoms with van der Waals surface area (Å²) < 4.78 is 0. The maximum atomic E-state index is 11.9. The van der Waals surface area contributed by atoms with Gasteiger partial charge in [0.2, 0.25) is 70.9 Å². The second kappa shape index (κ2) is 111. The highest BCUT2D eigenvalue weighted by atomic mass is 16.3. The summed E-state index contributed by atoms with van der Waals surface area (Å²) in [6.45, 7) is 81.8. The molecule has 1 N–H and O–H groups in total. The van der Waals surface area contributed by atoms with Crippen LogP contribution in [0.15, 0.2) is 0 Å². The van der Waals surface area contributed by atoms with Gasteiger partial charge in [-0.15, -0.1) is 0 Å². The quantitative estimate of drug-likeness (QED) is 0.0593. The molecule has 0 rings (SSSR count). The third kappa shape index (κ3) is 93.9. The zero-order chi connectivity index (χ0) is 119. The van der Waals surface area contributed by atoms with Crippen LogP contribution in [-0.2, 0) is 62.3 Å². The van der Waals surface area contributed by atoms with E-state index in [1.165, 1.54) is 18.7 Å². The van der Waals surface area contributed by atoms with Gasteiger partial charge in [-0.2, -0.15) is 0 Å². The number of amides is 13. The molecule has 0 aliphatic carbocycles. The minimum atomic E-state index is -1.23. The van der Waals surface area contributed by atoms with Gasteiger partial charge in [0.1, 0.15) is 5.60 Å². The Morgan fingerprint density at radius 2 is 0.372 bits per heavy atom. The van der Waals surface area contributed by atoms with Gasteiger partial charge in [0, 0.05) is 249 Å². The summed E-state index contributed by atoms with van der Waals surface area (Å²) in [5, 5.41) is 9.07. The highest BCUT2D eigenvalue weighted by molar-refractivity contribution is 5.84. The fourth-order valence-corrected chi connectivity index (χ4v) is 15.8. The Kier molecular flexibility index (Phi) is 127. The van der Waals surface area contributed by atoms with E-state index in [9.17, 15) is 62.3 Å². The second-order valence-corrected chi connectivity index (χ2v) is 42.2. The summed E-state index contributed by atoms with van der Waals surface area (Å²) in [7, 11) is 29.0. The molecule has 4 atom stereocenters. The third-order valence-electron chi connectivity index (χ3n) is 24.9. The minimum absolute atomic E-state index is 0.130. The SMILES string of the molecule is CC(C)C(=O)N(C)C.CCC(CC)C(=O)N(C)C.CCC(CC)C(=O)N(C)CC.CCCC(C)C(=O)N(C)CCC.CCCC(C)C(=O)N(CCC)CCC.CCCC(CC)C(=O)N(C)C.CCCC(CC)C(=O)N(C)CC.CCCC(CCC)C(=O)N(C)C.CCCC(CCC)C(=O)N(C)CC.CCCC(CCC)C(=O)N(C)CCC.CCCN(C)C(=O)C(C)C.CCCN(CCC)C(=O)C(C)C.CN(C)C(=O)C(C)(C)O. The predicted molar refractivity (Wildman–Crippen MR) is 636 cm³/mol. The van der Waals surface area contributed by atoms with Crippen LogP contribution in [0.25, 0.3) is 0 Å². The fourth-order valence-electron chi connectivity index (χ4n) is 15.8. The van der Waals surface area contributed by atoms with Crippen LogP contribution in [0.2, 0.25) is 0 Å². The average molecular weight is 2120 g/mol. The number of hydrogen-bond donors (Lipinski definition) is 1. The number of carbonyl (C=O) groups is 13. The molecule has 0 spiro atoms. The molecule has 0 aliphatic heterocycles. The van der Waals surface area contributed by atoms with Crippen LogP contribution in [0.1, 0.15) is 461 Å². The van der Waals surface area contributed by atoms with Crippen molar-refractivity contribution in [3.05, 3.63) is 0 Å². The Labute approximate surface area is 918 Å². The van der Waals surface area contributed by atoms with E-state index < -0.39 is 5.60 Å². The van der Waals surface area contributed by atoms with Crippen LogP contribution in [0.4, 0.5) is 0 Å². The van der Waals surface area contributed by atoms with Crippen molar-refractivity contribution >= 4 is 76.8 Å². The summed E-state index contributed by atoms with van der Waals surface area (Å²) in [6.07, 6.45) is 34.4. The number of hydrogen-bond acceptors (Lipinski definition) is 14. The zero-order valence-corrected chi connectivity index (χ0v) is 108. The van der Waals surface area contributed by atoms with E-state index >= 15 is 0 Å². The lowest BCUT2D eigenvalue weighted by Crippen LogP contribution is -2.40. The summed E-state index contributed by atoms with van der Waals surface area (Å²) in [5.74, 6) is 5.72. The van der Waals surface area contributed by atoms with E-state index in [0.717, 1.165) is 277 Å². The van der Waals surface area contributed by atoms with Gasteiger partial charge in [-0.25, -0.2) is 0 Å². The molecule has 0 bridgehead atoms. The molecule has 27 nitrogen and oxygen atoms in total. The van der Waals surface area contributed by atoms with Gasteiger partial charge in [0.15, 0.2) is 0 Å². The molecule has 0 aromatic heterocycles. The van der Waals surface area contributed by atoms with Gasteiger partial charge in [-0.05, 0) is 182 Å². The van der Waals surface area contributed by atoms with Gasteiger partial charge in [0.25, 0.3) is 5.91 Å². The van der Waals surface area contributed by atoms with E-state index in [0.29, 0.717) is 41.4 Å². The van der Waals surface area contributed by atoms with Crippen molar-refractivity contribution in [2.45, 2.75) is 467 Å². The summed E-state index contributed by atoms with van der Waals surface area (Å²) in [5.41, 5.74) is -1.23. The van der Waals surface area contributed by atoms with Crippen molar-refractivity contribution in [1.82, 2.24) is 63.7 Å². The molecule has 13 amide bonds. The molecule has 0 aromatic carbocycles. The molecule has 888 valence electrons. The first-order valence-electron chi connectivity index (χ1n) is 58.9. The van der Waals surface area contributed by atoms with Crippen LogP contribution in [0.5, 0.6) is 0 Å². The Morgan fingerprint density at radius 3 is 0.568 bits per heavy atom. The standard InChI is InChI=1S/2C12H25NO.C11H23NO.4C10H21NO.2C9H19NO.2C8H17NO.C6H13NO2.C6H13NO/c1-5-8-11(9-6-2)12(14)13(4)10-7-3;1-5-8-11(4)12(14)13(9-6-2)10-7-3;1-5-8-10(9-6-2)11(13)12(4)7-3;1-5-7-9(8-6-2)10(12)11(3)4;1-5-7-9(3)10(12)11(4)8-6-2;1-5-7-11(8-6-2)10(12)9(3)4;1-5-8-9(6-2)10(12)11(4)7-3;1-5-7-8(6-2)9(11)10(3)4;1-5-8(6-2)9(11)10(4)7-3;1-5-6-9(4)8(10)7(2)3;1-5-7(6-2)8(10)9(3)4;1-6(2,9)5(8)7(3)4;1-5(2)6(8)7(3)4/h2*11H,5-10H2,1-4H3;10H,5-9H2,1-4H3;4*9H,5-8H2,1-4H3;2*8H,5-7H2,1-4H3;2*7H,5-6H2,1-4H3;9H,1-4H3;5H,1-4H3. The molecule has 0 saturated heterocycles. The van der Waals surface area contributed by atoms with E-state index in [1.54, 1.807) is 71.7 Å². The lowest BCUT2D eigenvalue weighted by Gasteiger charge is -2.24. The maximum Gasteiger partial charge on any atom is 0.253 e. The van der Waals surface area contributed by atoms with Crippen LogP contribution >= 0.6 is 0 Å². The lowest BCUT2D eigenvalue weighted by atomic mass is 9.97. The van der Waals surface area contributed by atoms with Crippen molar-refractivity contribution < 1.29 is 67.4 Å². The number of rotatable bonds is 56. The molecule has 0 aromatic rings. The summed E-state index contributed by atoms with van der Waals surface area (Å²) in [4.78, 5) is 172. The van der Waals surface area contributed by atoms with E-state index in [2.05, 4.69) is 159 Å². The average Bonchev–Trinajstić information content (AvgIpc) is 0.924. The Balaban J connectivity index is -0.000000122. The number of nitrogens with zero attached hydrogens (tertiary/aromatic N) is 13. The highest BCUT2D eigenvalue weighted by Gasteiger charge is 2.28. The molecule has 4 unspecified atom stereocenters. The fraction of sp³-hybridized carbons (Fsp3) is 0.893. The molecule has 148 heavy (non-hydrogen) atoms. The largest absolute Gasteiger partial charge is 0.381 e. The predicted octanol–water partition coefficient (Wildman–Crippen LogP) is 25.4. The van der Waals surface area contributed by atoms with E-state index in [4.69, 9.17) is 5.11 Å². The molecule has 0 heterocycles. The molecule has 0 radical (unpaired) electrons. The number of aliphatic hydroxyl groups is 1. The molecular formula is C121H255N13O14. The smallest absolute Gasteiger partial charge is 0.253 e. The zero-order valence-electron chi connectivity index (χ0n) is 108. The van der Waals surface area contributed by atoms with Crippen molar-refractivity contribution in [1.29, 1.82) is 0 Å². The topological polar surface area (TPSA) is 284 Å². The van der Waals surface area contributed by atoms with Crippen LogP contribution < -0.4 is 0 Å². The van der Waals surface area contributed by atoms with Gasteiger partial charge in [0.05, 0.1) is 0 Å². The van der Waals surface area contributed by atoms with Crippen molar-refractivity contribution in [3.8, 4) is 0 Å². The maximum absolute atomic E-state index is 11.9. The molecular weight excluding hydrogens is 1860 g/mol. The Bertz CT molecular complexity index is 3010. The number of carbonyl (C=O) groups excluding carboxylic acids is 13. The normalized spacial score (nSPS) is 11.1. The first-order valence-corrected chi connectivity index (χ1v) is 58.9. The highest BCUT2D eigenvalue weighted by Crippen LogP contribution is 2.22. The van der Waals surface area contributed by atoms with Crippen molar-refractivity contribution in [2.75, 3.05) is 178 Å². The molecule has 0 saturated carbocycles. The molecule has 27 heteroatoms. The van der Waals surface area contributed by atoms with Crippen LogP contribution in [0, 0.1) is 71.0 Å². The summed E-state index contributed by atoms with van der Waals surface area (Å²) >= 11 is 0. The van der Waals surface area contributed by atoms with Crippen molar-refractivity contribution in [3.63, 3.8) is 0 Å². The van der Waals surface area contributed by atoms with E-state index in [-0.39, 0.29) is 106 Å². The first-order chi connectivity index (χ1) is 69.0. The second-order valence-electron chi connectivity index (χ2n) is 42.2. The Hall–Kier alpha value is -6.93. The van der Waals surface area contributed by atoms with Gasteiger partial charge in [-0.3, -0.25) is 62.3 Å².